The first kappa shape index (κ1) is 8.35. The monoisotopic (exact) mass is 193 g/mol. The van der Waals surface area contributed by atoms with E-state index >= 15 is 0 Å². The van der Waals surface area contributed by atoms with Gasteiger partial charge in [0.1, 0.15) is 0 Å². The smallest absolute Gasteiger partial charge is 0 e. The van der Waals surface area contributed by atoms with Gasteiger partial charge in [0, 0.05) is 32.7 Å². The van der Waals surface area contributed by atoms with Crippen molar-refractivity contribution in [2.45, 2.75) is 6.92 Å². The molecule has 1 fully saturated rings. The summed E-state index contributed by atoms with van der Waals surface area (Å²) in [5, 5.41) is 0. The van der Waals surface area contributed by atoms with Crippen molar-refractivity contribution in [3.05, 3.63) is 5.92 Å². The van der Waals surface area contributed by atoms with E-state index in [-0.39, 0.29) is 32.7 Å². The van der Waals surface area contributed by atoms with Crippen molar-refractivity contribution in [3.63, 3.8) is 0 Å². The third kappa shape index (κ3) is 2.41. The van der Waals surface area contributed by atoms with Crippen molar-refractivity contribution in [2.75, 3.05) is 13.1 Å². The zero-order valence-corrected chi connectivity index (χ0v) is 7.91. The third-order valence-electron chi connectivity index (χ3n) is 0.883. The Morgan fingerprint density at radius 3 is 2.00 bits per heavy atom. The van der Waals surface area contributed by atoms with Gasteiger partial charge in [-0.3, -0.25) is 10.3 Å². The number of hydrogen-bond acceptors (Lipinski definition) is 1. The summed E-state index contributed by atoms with van der Waals surface area (Å²) in [4.78, 5) is 0. The van der Waals surface area contributed by atoms with Crippen LogP contribution in [0.4, 0.5) is 0 Å². The van der Waals surface area contributed by atoms with E-state index in [4.69, 9.17) is 11.8 Å². The van der Waals surface area contributed by atoms with E-state index in [9.17, 15) is 0 Å². The van der Waals surface area contributed by atoms with Crippen LogP contribution in [0.25, 0.3) is 0 Å². The average Bonchev–Trinajstić information content (AvgIpc) is 1.33. The molecule has 1 rings (SSSR count). The third-order valence-corrected chi connectivity index (χ3v) is 1.12. The Bertz CT molecular complexity index is 47.7. The molecule has 0 atom stereocenters. The van der Waals surface area contributed by atoms with Crippen LogP contribution in [0.3, 0.4) is 0 Å². The van der Waals surface area contributed by atoms with Gasteiger partial charge >= 0.3 is 0 Å². The van der Waals surface area contributed by atoms with Crippen LogP contribution in [0.15, 0.2) is 0 Å². The zero-order chi connectivity index (χ0) is 4.57. The van der Waals surface area contributed by atoms with Crippen LogP contribution in [-0.4, -0.2) is 17.5 Å². The molecule has 0 unspecified atom stereocenters. The van der Waals surface area contributed by atoms with Crippen LogP contribution in [-0.2, 0) is 32.7 Å². The van der Waals surface area contributed by atoms with E-state index in [1.165, 1.54) is 5.92 Å². The van der Waals surface area contributed by atoms with Gasteiger partial charge < -0.3 is 0 Å². The predicted molar refractivity (Wildman–Crippen MR) is 26.3 cm³/mol. The number of nitrogens with zero attached hydrogens (tertiary/aromatic N) is 1. The van der Waals surface area contributed by atoms with Gasteiger partial charge in [0.15, 0.2) is 0 Å². The summed E-state index contributed by atoms with van der Waals surface area (Å²) >= 11 is 5.46. The second-order valence-electron chi connectivity index (χ2n) is 1.74. The van der Waals surface area contributed by atoms with E-state index in [0.29, 0.717) is 0 Å². The van der Waals surface area contributed by atoms with E-state index in [1.807, 2.05) is 0 Å². The fourth-order valence-corrected chi connectivity index (χ4v) is 0.948. The Morgan fingerprint density at radius 1 is 1.57 bits per heavy atom. The molecule has 0 N–H and O–H groups in total. The number of hydrogen-bond donors (Lipinski definition) is 0. The average molecular weight is 193 g/mol. The van der Waals surface area contributed by atoms with Crippen LogP contribution in [0, 0.1) is 5.92 Å². The molecule has 1 saturated heterocycles. The van der Waals surface area contributed by atoms with Crippen molar-refractivity contribution < 1.29 is 32.7 Å². The van der Waals surface area contributed by atoms with Gasteiger partial charge in [0.05, 0.1) is 0 Å². The van der Waals surface area contributed by atoms with Gasteiger partial charge in [-0.15, -0.1) is 13.1 Å². The Balaban J connectivity index is 0.000000360. The molecular formula is C4H7ClNY-. The molecule has 0 amide bonds. The van der Waals surface area contributed by atoms with Crippen LogP contribution < -0.4 is 0 Å². The predicted octanol–water partition coefficient (Wildman–Crippen LogP) is 1.05. The second-order valence-corrected chi connectivity index (χ2v) is 2.21. The molecule has 3 heteroatoms. The van der Waals surface area contributed by atoms with Gasteiger partial charge in [-0.1, -0.05) is 0 Å². The quantitative estimate of drug-likeness (QED) is 0.411. The maximum Gasteiger partial charge on any atom is 0 e. The molecule has 0 aliphatic carbocycles. The first-order chi connectivity index (χ1) is 2.79. The van der Waals surface area contributed by atoms with Crippen molar-refractivity contribution in [2.24, 2.45) is 0 Å². The first-order valence-electron chi connectivity index (χ1n) is 2.01. The molecule has 0 aromatic heterocycles. The summed E-state index contributed by atoms with van der Waals surface area (Å²) in [6, 6.07) is 0. The molecule has 1 radical (unpaired) electrons. The van der Waals surface area contributed by atoms with E-state index in [2.05, 4.69) is 6.92 Å². The van der Waals surface area contributed by atoms with Gasteiger partial charge in [-0.25, -0.2) is 0 Å². The van der Waals surface area contributed by atoms with Crippen molar-refractivity contribution >= 4 is 11.8 Å². The Hall–Kier alpha value is 1.35. The molecule has 0 spiro atoms. The SMILES string of the molecule is C[C-]1CN(Cl)C1.[Y]. The first-order valence-corrected chi connectivity index (χ1v) is 2.35. The molecule has 7 heavy (non-hydrogen) atoms. The summed E-state index contributed by atoms with van der Waals surface area (Å²) < 4.78 is 1.76. The Morgan fingerprint density at radius 2 is 2.00 bits per heavy atom. The minimum atomic E-state index is 0. The maximum atomic E-state index is 5.46. The van der Waals surface area contributed by atoms with Crippen LogP contribution in [0.2, 0.25) is 0 Å². The van der Waals surface area contributed by atoms with Gasteiger partial charge in [-0.2, -0.15) is 6.92 Å². The molecule has 1 aliphatic heterocycles. The van der Waals surface area contributed by atoms with E-state index < -0.39 is 0 Å². The van der Waals surface area contributed by atoms with Crippen molar-refractivity contribution in [1.82, 2.24) is 4.42 Å². The summed E-state index contributed by atoms with van der Waals surface area (Å²) in [6.07, 6.45) is 0. The summed E-state index contributed by atoms with van der Waals surface area (Å²) in [5.41, 5.74) is 0. The number of rotatable bonds is 0. The van der Waals surface area contributed by atoms with Gasteiger partial charge in [-0.05, 0) is 11.8 Å². The van der Waals surface area contributed by atoms with Gasteiger partial charge in [0.2, 0.25) is 0 Å². The topological polar surface area (TPSA) is 3.24 Å². The molecule has 39 valence electrons. The normalized spacial score (nSPS) is 23.1. The number of halogens is 1. The van der Waals surface area contributed by atoms with Crippen molar-refractivity contribution in [1.29, 1.82) is 0 Å². The molecule has 1 aliphatic rings. The minimum Gasteiger partial charge on any atom is -0.287 e. The molecule has 1 nitrogen and oxygen atoms in total. The molecule has 0 bridgehead atoms. The summed E-state index contributed by atoms with van der Waals surface area (Å²) in [6.45, 7) is 4.09. The zero-order valence-electron chi connectivity index (χ0n) is 4.32. The summed E-state index contributed by atoms with van der Waals surface area (Å²) in [5.74, 6) is 1.48. The minimum absolute atomic E-state index is 0. The Labute approximate surface area is 74.4 Å². The van der Waals surface area contributed by atoms with E-state index in [0.717, 1.165) is 13.1 Å². The van der Waals surface area contributed by atoms with Crippen LogP contribution in [0.1, 0.15) is 6.92 Å². The largest absolute Gasteiger partial charge is 0.287 e. The maximum absolute atomic E-state index is 5.46. The van der Waals surface area contributed by atoms with Crippen LogP contribution in [0.5, 0.6) is 0 Å². The molecule has 0 saturated carbocycles. The fraction of sp³-hybridized carbons (Fsp3) is 0.750. The molecule has 0 aromatic rings. The fourth-order valence-electron chi connectivity index (χ4n) is 0.539. The summed E-state index contributed by atoms with van der Waals surface area (Å²) in [7, 11) is 0. The Kier molecular flexibility index (Phi) is 4.05. The van der Waals surface area contributed by atoms with Crippen LogP contribution >= 0.6 is 11.8 Å². The standard InChI is InChI=1S/C4H7ClN.Y/c1-4-2-6(5)3-4;/h2-3H2,1H3;/q-1;. The van der Waals surface area contributed by atoms with E-state index in [1.54, 1.807) is 4.42 Å². The van der Waals surface area contributed by atoms with Crippen molar-refractivity contribution in [3.8, 4) is 0 Å². The van der Waals surface area contributed by atoms with Gasteiger partial charge in [0.25, 0.3) is 0 Å². The second kappa shape index (κ2) is 3.39. The molecular weight excluding hydrogens is 186 g/mol. The molecule has 0 aromatic carbocycles. The molecule has 1 heterocycles.